The Labute approximate surface area is 77.9 Å². The van der Waals surface area contributed by atoms with Gasteiger partial charge in [-0.25, -0.2) is 0 Å². The van der Waals surface area contributed by atoms with Crippen LogP contribution < -0.4 is 0 Å². The van der Waals surface area contributed by atoms with Crippen LogP contribution in [-0.4, -0.2) is 12.4 Å². The molecule has 1 heterocycles. The van der Waals surface area contributed by atoms with E-state index in [9.17, 15) is 0 Å². The van der Waals surface area contributed by atoms with Crippen LogP contribution in [0.5, 0.6) is 0 Å². The van der Waals surface area contributed by atoms with Gasteiger partial charge >= 0.3 is 0 Å². The van der Waals surface area contributed by atoms with Crippen LogP contribution >= 0.6 is 11.8 Å². The number of rotatable bonds is 0. The first kappa shape index (κ1) is 8.24. The van der Waals surface area contributed by atoms with Gasteiger partial charge in [0.1, 0.15) is 5.76 Å². The first-order valence-corrected chi connectivity index (χ1v) is 5.50. The quantitative estimate of drug-likeness (QED) is 0.569. The van der Waals surface area contributed by atoms with Gasteiger partial charge < -0.3 is 4.74 Å². The summed E-state index contributed by atoms with van der Waals surface area (Å²) in [6.07, 6.45) is 6.70. The summed E-state index contributed by atoms with van der Waals surface area (Å²) in [5.41, 5.74) is 0. The van der Waals surface area contributed by atoms with E-state index in [1.54, 1.807) is 0 Å². The molecule has 0 saturated heterocycles. The van der Waals surface area contributed by atoms with Crippen molar-refractivity contribution in [1.29, 1.82) is 0 Å². The lowest BCUT2D eigenvalue weighted by molar-refractivity contribution is 0.191. The van der Waals surface area contributed by atoms with Crippen LogP contribution in [0.3, 0.4) is 0 Å². The Hall–Kier alpha value is -0.370. The predicted octanol–water partition coefficient (Wildman–Crippen LogP) is 2.95. The zero-order valence-electron chi connectivity index (χ0n) is 7.38. The summed E-state index contributed by atoms with van der Waals surface area (Å²) in [6.45, 7) is 3.13. The fourth-order valence-corrected chi connectivity index (χ4v) is 2.53. The van der Waals surface area contributed by atoms with E-state index >= 15 is 0 Å². The normalized spacial score (nSPS) is 29.2. The fourth-order valence-electron chi connectivity index (χ4n) is 1.42. The lowest BCUT2D eigenvalue weighted by atomic mass is 10.2. The number of hydrogen-bond donors (Lipinski definition) is 0. The van der Waals surface area contributed by atoms with E-state index in [1.807, 2.05) is 11.8 Å². The summed E-state index contributed by atoms with van der Waals surface area (Å²) in [7, 11) is 0. The summed E-state index contributed by atoms with van der Waals surface area (Å²) in [5.74, 6) is 3.04. The average Bonchev–Trinajstić information content (AvgIpc) is 2.29. The summed E-state index contributed by atoms with van der Waals surface area (Å²) in [4.78, 5) is 1.46. The zero-order valence-corrected chi connectivity index (χ0v) is 8.19. The predicted molar refractivity (Wildman–Crippen MR) is 53.0 cm³/mol. The van der Waals surface area contributed by atoms with Crippen molar-refractivity contribution in [3.05, 3.63) is 22.8 Å². The summed E-state index contributed by atoms with van der Waals surface area (Å²) >= 11 is 1.98. The lowest BCUT2D eigenvalue weighted by Crippen LogP contribution is -2.04. The number of hydrogen-bond acceptors (Lipinski definition) is 2. The molecule has 0 aromatic heterocycles. The van der Waals surface area contributed by atoms with E-state index in [4.69, 9.17) is 4.74 Å². The Morgan fingerprint density at radius 2 is 2.50 bits per heavy atom. The molecule has 2 heteroatoms. The van der Waals surface area contributed by atoms with Gasteiger partial charge in [0.05, 0.1) is 6.61 Å². The maximum Gasteiger partial charge on any atom is 0.128 e. The van der Waals surface area contributed by atoms with E-state index in [-0.39, 0.29) is 0 Å². The standard InChI is InChI=1S/C10H14OS/c1-8-6-11-9-4-2-3-5-10(9)12-7-8/h2,4,8H,3,5-7H2,1H3. The summed E-state index contributed by atoms with van der Waals surface area (Å²) in [5, 5.41) is 0. The molecule has 0 spiro atoms. The SMILES string of the molecule is CC1COC2=C(CCC=C2)SC1. The highest BCUT2D eigenvalue weighted by Crippen LogP contribution is 2.33. The minimum atomic E-state index is 0.689. The van der Waals surface area contributed by atoms with Gasteiger partial charge in [0, 0.05) is 10.7 Å². The van der Waals surface area contributed by atoms with Gasteiger partial charge in [-0.05, 0) is 24.8 Å². The van der Waals surface area contributed by atoms with Crippen LogP contribution in [0.4, 0.5) is 0 Å². The molecule has 1 aliphatic heterocycles. The fraction of sp³-hybridized carbons (Fsp3) is 0.600. The van der Waals surface area contributed by atoms with E-state index in [0.717, 1.165) is 12.4 Å². The first-order chi connectivity index (χ1) is 5.86. The third kappa shape index (κ3) is 1.69. The molecule has 0 fully saturated rings. The molecule has 1 unspecified atom stereocenters. The zero-order chi connectivity index (χ0) is 8.39. The van der Waals surface area contributed by atoms with Crippen molar-refractivity contribution in [2.45, 2.75) is 19.8 Å². The van der Waals surface area contributed by atoms with Crippen molar-refractivity contribution in [3.8, 4) is 0 Å². The van der Waals surface area contributed by atoms with Crippen molar-refractivity contribution in [2.24, 2.45) is 5.92 Å². The van der Waals surface area contributed by atoms with Gasteiger partial charge in [0.25, 0.3) is 0 Å². The van der Waals surface area contributed by atoms with Gasteiger partial charge in [-0.3, -0.25) is 0 Å². The summed E-state index contributed by atoms with van der Waals surface area (Å²) in [6, 6.07) is 0. The van der Waals surface area contributed by atoms with Crippen molar-refractivity contribution < 1.29 is 4.74 Å². The van der Waals surface area contributed by atoms with Crippen LogP contribution in [0.2, 0.25) is 0 Å². The van der Waals surface area contributed by atoms with Crippen LogP contribution in [0.25, 0.3) is 0 Å². The second-order valence-corrected chi connectivity index (χ2v) is 4.57. The largest absolute Gasteiger partial charge is 0.492 e. The molecular weight excluding hydrogens is 168 g/mol. The monoisotopic (exact) mass is 182 g/mol. The van der Waals surface area contributed by atoms with Crippen LogP contribution in [0, 0.1) is 5.92 Å². The average molecular weight is 182 g/mol. The van der Waals surface area contributed by atoms with E-state index in [1.165, 1.54) is 23.5 Å². The third-order valence-corrected chi connectivity index (χ3v) is 3.64. The molecular formula is C10H14OS. The van der Waals surface area contributed by atoms with Crippen LogP contribution in [-0.2, 0) is 4.74 Å². The molecule has 2 aliphatic rings. The van der Waals surface area contributed by atoms with E-state index < -0.39 is 0 Å². The smallest absolute Gasteiger partial charge is 0.128 e. The molecule has 0 bridgehead atoms. The second kappa shape index (κ2) is 3.56. The highest BCUT2D eigenvalue weighted by atomic mass is 32.2. The molecule has 0 aromatic carbocycles. The van der Waals surface area contributed by atoms with Crippen molar-refractivity contribution in [1.82, 2.24) is 0 Å². The van der Waals surface area contributed by atoms with Gasteiger partial charge in [-0.2, -0.15) is 0 Å². The Bertz CT molecular complexity index is 230. The maximum atomic E-state index is 5.69. The van der Waals surface area contributed by atoms with Crippen LogP contribution in [0.1, 0.15) is 19.8 Å². The van der Waals surface area contributed by atoms with Gasteiger partial charge in [-0.15, -0.1) is 11.8 Å². The Kier molecular flexibility index (Phi) is 2.45. The summed E-state index contributed by atoms with van der Waals surface area (Å²) < 4.78 is 5.69. The molecule has 1 atom stereocenters. The molecule has 0 amide bonds. The maximum absolute atomic E-state index is 5.69. The lowest BCUT2D eigenvalue weighted by Gasteiger charge is -2.11. The molecule has 66 valence electrons. The van der Waals surface area contributed by atoms with Crippen molar-refractivity contribution in [2.75, 3.05) is 12.4 Å². The Morgan fingerprint density at radius 3 is 3.42 bits per heavy atom. The minimum absolute atomic E-state index is 0.689. The molecule has 0 aromatic rings. The molecule has 2 rings (SSSR count). The number of ether oxygens (including phenoxy) is 1. The van der Waals surface area contributed by atoms with Crippen LogP contribution in [0.15, 0.2) is 22.8 Å². The molecule has 0 N–H and O–H groups in total. The number of thioether (sulfide) groups is 1. The minimum Gasteiger partial charge on any atom is -0.492 e. The highest BCUT2D eigenvalue weighted by molar-refractivity contribution is 8.03. The van der Waals surface area contributed by atoms with Crippen molar-refractivity contribution in [3.63, 3.8) is 0 Å². The topological polar surface area (TPSA) is 9.23 Å². The van der Waals surface area contributed by atoms with E-state index in [2.05, 4.69) is 19.1 Å². The molecule has 1 aliphatic carbocycles. The Balaban J connectivity index is 2.13. The van der Waals surface area contributed by atoms with Gasteiger partial charge in [0.2, 0.25) is 0 Å². The molecule has 0 radical (unpaired) electrons. The molecule has 12 heavy (non-hydrogen) atoms. The molecule has 1 nitrogen and oxygen atoms in total. The van der Waals surface area contributed by atoms with Crippen molar-refractivity contribution >= 4 is 11.8 Å². The van der Waals surface area contributed by atoms with Gasteiger partial charge in [0.15, 0.2) is 0 Å². The third-order valence-electron chi connectivity index (χ3n) is 2.15. The molecule has 0 saturated carbocycles. The second-order valence-electron chi connectivity index (χ2n) is 3.46. The Morgan fingerprint density at radius 1 is 1.58 bits per heavy atom. The van der Waals surface area contributed by atoms with Gasteiger partial charge in [-0.1, -0.05) is 13.0 Å². The highest BCUT2D eigenvalue weighted by Gasteiger charge is 2.16. The first-order valence-electron chi connectivity index (χ1n) is 4.51. The van der Waals surface area contributed by atoms with E-state index in [0.29, 0.717) is 5.92 Å². The number of allylic oxidation sites excluding steroid dienone is 3.